The highest BCUT2D eigenvalue weighted by atomic mass is 19.4. The molecule has 4 nitrogen and oxygen atoms in total. The highest BCUT2D eigenvalue weighted by Crippen LogP contribution is 2.31. The predicted molar refractivity (Wildman–Crippen MR) is 73.1 cm³/mol. The molecule has 22 heavy (non-hydrogen) atoms. The van der Waals surface area contributed by atoms with Crippen molar-refractivity contribution in [1.82, 2.24) is 0 Å². The molecule has 0 aliphatic rings. The van der Waals surface area contributed by atoms with Crippen LogP contribution >= 0.6 is 0 Å². The van der Waals surface area contributed by atoms with Crippen LogP contribution in [0, 0.1) is 0 Å². The van der Waals surface area contributed by atoms with Crippen LogP contribution in [0.5, 0.6) is 5.75 Å². The normalized spacial score (nSPS) is 11.6. The number of hydrogen-bond acceptors (Lipinski definition) is 3. The lowest BCUT2D eigenvalue weighted by Crippen LogP contribution is -2.08. The van der Waals surface area contributed by atoms with Crippen LogP contribution in [0.4, 0.5) is 13.2 Å². The number of carboxylic acid groups (broad SMARTS) is 1. The predicted octanol–water partition coefficient (Wildman–Crippen LogP) is 3.82. The second kappa shape index (κ2) is 6.30. The van der Waals surface area contributed by atoms with E-state index in [0.29, 0.717) is 0 Å². The Morgan fingerprint density at radius 2 is 1.86 bits per heavy atom. The maximum atomic E-state index is 12.8. The molecule has 2 aromatic carbocycles. The van der Waals surface area contributed by atoms with E-state index in [1.54, 1.807) is 0 Å². The van der Waals surface area contributed by atoms with Crippen molar-refractivity contribution in [3.63, 3.8) is 0 Å². The second-order valence-corrected chi connectivity index (χ2v) is 4.24. The molecule has 0 amide bonds. The number of alkyl halides is 3. The smallest absolute Gasteiger partial charge is 0.417 e. The maximum Gasteiger partial charge on any atom is 0.417 e. The van der Waals surface area contributed by atoms with Gasteiger partial charge < -0.3 is 9.94 Å². The van der Waals surface area contributed by atoms with Crippen LogP contribution in [0.3, 0.4) is 0 Å². The summed E-state index contributed by atoms with van der Waals surface area (Å²) in [6, 6.07) is 10.4. The summed E-state index contributed by atoms with van der Waals surface area (Å²) in [5.74, 6) is -1.03. The van der Waals surface area contributed by atoms with Gasteiger partial charge >= 0.3 is 12.1 Å². The van der Waals surface area contributed by atoms with E-state index in [2.05, 4.69) is 5.16 Å². The molecule has 0 fully saturated rings. The molecule has 0 heterocycles. The first kappa shape index (κ1) is 15.6. The van der Waals surface area contributed by atoms with Crippen molar-refractivity contribution in [2.45, 2.75) is 6.18 Å². The van der Waals surface area contributed by atoms with Gasteiger partial charge in [0.05, 0.1) is 17.3 Å². The Balaban J connectivity index is 2.17. The molecule has 0 saturated carbocycles. The van der Waals surface area contributed by atoms with Crippen LogP contribution in [-0.2, 0) is 6.18 Å². The third kappa shape index (κ3) is 3.85. The van der Waals surface area contributed by atoms with E-state index in [1.165, 1.54) is 42.5 Å². The van der Waals surface area contributed by atoms with Gasteiger partial charge in [0.2, 0.25) is 0 Å². The number of carbonyl (C=O) groups is 1. The van der Waals surface area contributed by atoms with Crippen molar-refractivity contribution in [2.24, 2.45) is 5.16 Å². The lowest BCUT2D eigenvalue weighted by atomic mass is 10.1. The van der Waals surface area contributed by atoms with Crippen LogP contribution in [0.25, 0.3) is 0 Å². The number of oxime groups is 1. The largest absolute Gasteiger partial charge is 0.478 e. The van der Waals surface area contributed by atoms with E-state index in [4.69, 9.17) is 9.94 Å². The highest BCUT2D eigenvalue weighted by molar-refractivity contribution is 5.88. The van der Waals surface area contributed by atoms with Gasteiger partial charge in [0.15, 0.2) is 5.75 Å². The summed E-state index contributed by atoms with van der Waals surface area (Å²) in [6.45, 7) is 0. The lowest BCUT2D eigenvalue weighted by Gasteiger charge is -2.09. The van der Waals surface area contributed by atoms with Gasteiger partial charge in [-0.3, -0.25) is 0 Å². The summed E-state index contributed by atoms with van der Waals surface area (Å²) < 4.78 is 38.3. The zero-order valence-corrected chi connectivity index (χ0v) is 11.0. The molecule has 0 bridgehead atoms. The van der Waals surface area contributed by atoms with Crippen LogP contribution < -0.4 is 4.84 Å². The average Bonchev–Trinajstić information content (AvgIpc) is 2.47. The van der Waals surface area contributed by atoms with Crippen molar-refractivity contribution >= 4 is 12.2 Å². The van der Waals surface area contributed by atoms with Gasteiger partial charge in [-0.1, -0.05) is 29.4 Å². The molecule has 2 rings (SSSR count). The molecule has 0 atom stereocenters. The molecule has 0 radical (unpaired) electrons. The fraction of sp³-hybridized carbons (Fsp3) is 0.0667. The lowest BCUT2D eigenvalue weighted by molar-refractivity contribution is -0.137. The van der Waals surface area contributed by atoms with Gasteiger partial charge in [-0.05, 0) is 24.3 Å². The van der Waals surface area contributed by atoms with Crippen LogP contribution in [0.2, 0.25) is 0 Å². The molecule has 114 valence electrons. The van der Waals surface area contributed by atoms with E-state index in [9.17, 15) is 18.0 Å². The molecule has 0 unspecified atom stereocenters. The number of carboxylic acids is 1. The molecule has 0 spiro atoms. The minimum Gasteiger partial charge on any atom is -0.478 e. The van der Waals surface area contributed by atoms with E-state index < -0.39 is 17.7 Å². The summed E-state index contributed by atoms with van der Waals surface area (Å²) >= 11 is 0. The third-order valence-corrected chi connectivity index (χ3v) is 2.70. The maximum absolute atomic E-state index is 12.8. The average molecular weight is 309 g/mol. The Hall–Kier alpha value is -2.83. The van der Waals surface area contributed by atoms with E-state index in [0.717, 1.165) is 12.3 Å². The van der Waals surface area contributed by atoms with Crippen molar-refractivity contribution in [2.75, 3.05) is 0 Å². The summed E-state index contributed by atoms with van der Waals surface area (Å²) in [7, 11) is 0. The first-order valence-electron chi connectivity index (χ1n) is 6.08. The SMILES string of the molecule is O=C(O)c1cccc(O/N=C\c2ccccc2C(F)(F)F)c1. The summed E-state index contributed by atoms with van der Waals surface area (Å²) in [4.78, 5) is 15.7. The minimum absolute atomic E-state index is 0.0107. The zero-order chi connectivity index (χ0) is 16.2. The molecule has 2 aromatic rings. The molecule has 0 aliphatic carbocycles. The molecule has 0 aromatic heterocycles. The Labute approximate surface area is 123 Å². The number of nitrogens with zero attached hydrogens (tertiary/aromatic N) is 1. The van der Waals surface area contributed by atoms with Crippen molar-refractivity contribution < 1.29 is 27.9 Å². The Morgan fingerprint density at radius 3 is 2.55 bits per heavy atom. The summed E-state index contributed by atoms with van der Waals surface area (Å²) in [6.07, 6.45) is -3.57. The van der Waals surface area contributed by atoms with E-state index >= 15 is 0 Å². The molecule has 0 aliphatic heterocycles. The van der Waals surface area contributed by atoms with Gasteiger partial charge in [-0.15, -0.1) is 0 Å². The number of aromatic carboxylic acids is 1. The molecular formula is C15H10F3NO3. The number of benzene rings is 2. The Kier molecular flexibility index (Phi) is 4.45. The fourth-order valence-electron chi connectivity index (χ4n) is 1.70. The first-order chi connectivity index (χ1) is 10.4. The molecular weight excluding hydrogens is 299 g/mol. The van der Waals surface area contributed by atoms with Crippen molar-refractivity contribution in [3.8, 4) is 5.75 Å². The van der Waals surface area contributed by atoms with Gasteiger partial charge in [0, 0.05) is 5.56 Å². The van der Waals surface area contributed by atoms with Gasteiger partial charge in [0.25, 0.3) is 0 Å². The van der Waals surface area contributed by atoms with E-state index in [-0.39, 0.29) is 16.9 Å². The number of hydrogen-bond donors (Lipinski definition) is 1. The summed E-state index contributed by atoms with van der Waals surface area (Å²) in [5, 5.41) is 12.3. The van der Waals surface area contributed by atoms with Gasteiger partial charge in [-0.25, -0.2) is 4.79 Å². The monoisotopic (exact) mass is 309 g/mol. The number of rotatable bonds is 4. The highest BCUT2D eigenvalue weighted by Gasteiger charge is 2.32. The minimum atomic E-state index is -4.49. The van der Waals surface area contributed by atoms with Gasteiger partial charge in [0.1, 0.15) is 0 Å². The second-order valence-electron chi connectivity index (χ2n) is 4.24. The standard InChI is InChI=1S/C15H10F3NO3/c16-15(17,18)13-7-2-1-4-11(13)9-19-22-12-6-3-5-10(8-12)14(20)21/h1-9H,(H,20,21)/b19-9-. The number of halogens is 3. The summed E-state index contributed by atoms with van der Waals surface area (Å²) in [5.41, 5.74) is -0.991. The first-order valence-corrected chi connectivity index (χ1v) is 6.08. The Bertz CT molecular complexity index is 711. The van der Waals surface area contributed by atoms with E-state index in [1.807, 2.05) is 0 Å². The van der Waals surface area contributed by atoms with Crippen molar-refractivity contribution in [3.05, 3.63) is 65.2 Å². The molecule has 1 N–H and O–H groups in total. The quantitative estimate of drug-likeness (QED) is 0.690. The molecule has 0 saturated heterocycles. The third-order valence-electron chi connectivity index (χ3n) is 2.70. The van der Waals surface area contributed by atoms with Crippen molar-refractivity contribution in [1.29, 1.82) is 0 Å². The van der Waals surface area contributed by atoms with Crippen LogP contribution in [0.1, 0.15) is 21.5 Å². The molecule has 7 heteroatoms. The fourth-order valence-corrected chi connectivity index (χ4v) is 1.70. The zero-order valence-electron chi connectivity index (χ0n) is 11.0. The Morgan fingerprint density at radius 1 is 1.14 bits per heavy atom. The van der Waals surface area contributed by atoms with Crippen LogP contribution in [0.15, 0.2) is 53.7 Å². The van der Waals surface area contributed by atoms with Crippen LogP contribution in [-0.4, -0.2) is 17.3 Å². The van der Waals surface area contributed by atoms with Gasteiger partial charge in [-0.2, -0.15) is 13.2 Å². The topological polar surface area (TPSA) is 58.9 Å².